The number of aliphatic hydroxyl groups excluding tert-OH is 5. The lowest BCUT2D eigenvalue weighted by atomic mass is 9.99. The predicted molar refractivity (Wildman–Crippen MR) is 350 cm³/mol. The first-order chi connectivity index (χ1) is 40.3. The van der Waals surface area contributed by atoms with Crippen molar-refractivity contribution in [3.05, 3.63) is 122 Å². The summed E-state index contributed by atoms with van der Waals surface area (Å²) in [5.74, 6) is -0.205. The van der Waals surface area contributed by atoms with E-state index in [2.05, 4.69) is 129 Å². The van der Waals surface area contributed by atoms with E-state index < -0.39 is 49.5 Å². The molecule has 6 N–H and O–H groups in total. The Hall–Kier alpha value is -3.41. The third-order valence-electron chi connectivity index (χ3n) is 15.2. The van der Waals surface area contributed by atoms with Crippen molar-refractivity contribution in [1.82, 2.24) is 5.32 Å². The van der Waals surface area contributed by atoms with Crippen molar-refractivity contribution in [3.63, 3.8) is 0 Å². The number of allylic oxidation sites excluding steroid dienone is 19. The fourth-order valence-electron chi connectivity index (χ4n) is 9.99. The number of nitrogens with one attached hydrogen (secondary N) is 1. The summed E-state index contributed by atoms with van der Waals surface area (Å²) >= 11 is 0. The van der Waals surface area contributed by atoms with Gasteiger partial charge in [-0.2, -0.15) is 0 Å². The van der Waals surface area contributed by atoms with Crippen LogP contribution in [0.3, 0.4) is 0 Å². The highest BCUT2D eigenvalue weighted by molar-refractivity contribution is 5.76. The number of ether oxygens (including phenoxy) is 2. The summed E-state index contributed by atoms with van der Waals surface area (Å²) in [6, 6.07) is -0.846. The van der Waals surface area contributed by atoms with Gasteiger partial charge in [-0.05, 0) is 103 Å². The van der Waals surface area contributed by atoms with Crippen LogP contribution in [0.2, 0.25) is 0 Å². The molecular formula is C73H125NO8. The lowest BCUT2D eigenvalue weighted by Gasteiger charge is -2.40. The second kappa shape index (κ2) is 60.7. The molecule has 0 radical (unpaired) electrons. The van der Waals surface area contributed by atoms with Gasteiger partial charge in [0.15, 0.2) is 6.29 Å². The standard InChI is InChI=1S/C73H125NO8/c1-3-5-7-9-11-13-15-17-19-21-23-25-27-29-31-33-35-36-38-40-42-44-46-48-50-52-54-56-58-60-62-67(76)66(65-81-73-72(80)71(79)70(78)68(64-75)82-73)74-69(77)63-61-59-57-55-53-51-49-47-45-43-41-39-37-34-32-30-28-26-24-22-20-18-16-14-12-10-8-6-4-2/h6,8,12,14,18,20,24,26,30,32,37,39,43-46,52,54,60,62,66-68,70-73,75-76,78-80H,3-5,7,9-11,13,15-17,19,21-23,25,27-29,31,33-36,38,40-42,47-51,53,55-59,61,63-65H2,1-2H3,(H,74,77)/b8-6-,14-12-,20-18-,26-24-,32-30-,39-37-,45-43-,46-44+,54-52+,62-60+. The number of hydrogen-bond acceptors (Lipinski definition) is 8. The average Bonchev–Trinajstić information content (AvgIpc) is 3.57. The Bertz CT molecular complexity index is 1710. The number of aliphatic hydroxyl groups is 5. The largest absolute Gasteiger partial charge is 0.394 e. The first-order valence-corrected chi connectivity index (χ1v) is 33.8. The van der Waals surface area contributed by atoms with E-state index in [0.29, 0.717) is 6.42 Å². The highest BCUT2D eigenvalue weighted by Gasteiger charge is 2.44. The van der Waals surface area contributed by atoms with Crippen molar-refractivity contribution in [1.29, 1.82) is 0 Å². The van der Waals surface area contributed by atoms with Crippen molar-refractivity contribution in [2.75, 3.05) is 13.2 Å². The lowest BCUT2D eigenvalue weighted by Crippen LogP contribution is -2.60. The fourth-order valence-corrected chi connectivity index (χ4v) is 9.99. The zero-order chi connectivity index (χ0) is 59.3. The third-order valence-corrected chi connectivity index (χ3v) is 15.2. The summed E-state index contributed by atoms with van der Waals surface area (Å²) in [6.45, 7) is 3.65. The maximum absolute atomic E-state index is 13.1. The number of carbonyl (C=O) groups excluding carboxylic acids is 1. The summed E-state index contributed by atoms with van der Waals surface area (Å²) in [6.07, 6.45) is 84.3. The Balaban J connectivity index is 2.22. The van der Waals surface area contributed by atoms with Crippen LogP contribution in [0.4, 0.5) is 0 Å². The molecule has 0 bridgehead atoms. The molecule has 9 nitrogen and oxygen atoms in total. The smallest absolute Gasteiger partial charge is 0.220 e. The van der Waals surface area contributed by atoms with Gasteiger partial charge < -0.3 is 40.3 Å². The molecule has 9 heteroatoms. The van der Waals surface area contributed by atoms with Gasteiger partial charge in [-0.15, -0.1) is 0 Å². The van der Waals surface area contributed by atoms with E-state index in [9.17, 15) is 30.3 Å². The Labute approximate surface area is 503 Å². The lowest BCUT2D eigenvalue weighted by molar-refractivity contribution is -0.302. The fraction of sp³-hybridized carbons (Fsp3) is 0.712. The molecule has 0 saturated carbocycles. The molecule has 82 heavy (non-hydrogen) atoms. The van der Waals surface area contributed by atoms with Crippen LogP contribution in [-0.2, 0) is 14.3 Å². The topological polar surface area (TPSA) is 149 Å². The summed E-state index contributed by atoms with van der Waals surface area (Å²) in [7, 11) is 0. The van der Waals surface area contributed by atoms with Crippen LogP contribution in [-0.4, -0.2) is 87.5 Å². The highest BCUT2D eigenvalue weighted by atomic mass is 16.7. The van der Waals surface area contributed by atoms with Crippen molar-refractivity contribution in [2.24, 2.45) is 0 Å². The van der Waals surface area contributed by atoms with Crippen molar-refractivity contribution in [3.8, 4) is 0 Å². The maximum atomic E-state index is 13.1. The van der Waals surface area contributed by atoms with E-state index >= 15 is 0 Å². The molecule has 1 aliphatic heterocycles. The van der Waals surface area contributed by atoms with Crippen LogP contribution in [0.5, 0.6) is 0 Å². The number of carbonyl (C=O) groups is 1. The molecule has 7 unspecified atom stereocenters. The Morgan fingerprint density at radius 2 is 0.768 bits per heavy atom. The van der Waals surface area contributed by atoms with Crippen LogP contribution in [0.25, 0.3) is 0 Å². The van der Waals surface area contributed by atoms with E-state index in [4.69, 9.17) is 9.47 Å². The summed E-state index contributed by atoms with van der Waals surface area (Å²) < 4.78 is 11.3. The van der Waals surface area contributed by atoms with E-state index in [1.807, 2.05) is 6.08 Å². The SMILES string of the molecule is CC/C=C\C/C=C\C/C=C\C/C=C\C/C=C\C/C=C\C/C=C\CCCCCCCCCC(=O)NC(COC1OC(CO)C(O)C(O)C1O)C(O)/C=C/CC/C=C/CC/C=C/CCCCCCCCCCCCCCCCCCCCCC. The Kier molecular flexibility index (Phi) is 56.7. The number of amides is 1. The zero-order valence-electron chi connectivity index (χ0n) is 52.5. The van der Waals surface area contributed by atoms with Crippen LogP contribution in [0.15, 0.2) is 122 Å². The first kappa shape index (κ1) is 76.6. The normalized spacial score (nSPS) is 19.1. The molecular weight excluding hydrogens is 1020 g/mol. The van der Waals surface area contributed by atoms with Crippen LogP contribution in [0, 0.1) is 0 Å². The minimum atomic E-state index is -1.59. The van der Waals surface area contributed by atoms with Crippen molar-refractivity contribution < 1.29 is 39.8 Å². The second-order valence-electron chi connectivity index (χ2n) is 22.9. The molecule has 1 amide bonds. The molecule has 0 aromatic rings. The summed E-state index contributed by atoms with van der Waals surface area (Å²) in [5, 5.41) is 54.7. The van der Waals surface area contributed by atoms with Gasteiger partial charge in [0.2, 0.25) is 5.91 Å². The molecule has 1 saturated heterocycles. The quantitative estimate of drug-likeness (QED) is 0.0261. The van der Waals surface area contributed by atoms with Gasteiger partial charge in [0.25, 0.3) is 0 Å². The second-order valence-corrected chi connectivity index (χ2v) is 22.9. The highest BCUT2D eigenvalue weighted by Crippen LogP contribution is 2.23. The molecule has 0 aliphatic carbocycles. The maximum Gasteiger partial charge on any atom is 0.220 e. The molecule has 0 aromatic carbocycles. The molecule has 0 aromatic heterocycles. The van der Waals surface area contributed by atoms with E-state index in [-0.39, 0.29) is 12.5 Å². The minimum absolute atomic E-state index is 0.205. The molecule has 1 aliphatic rings. The van der Waals surface area contributed by atoms with Gasteiger partial charge in [0.05, 0.1) is 25.4 Å². The summed E-state index contributed by atoms with van der Waals surface area (Å²) in [4.78, 5) is 13.1. The van der Waals surface area contributed by atoms with Crippen LogP contribution in [0.1, 0.15) is 277 Å². The van der Waals surface area contributed by atoms with Gasteiger partial charge in [0.1, 0.15) is 24.4 Å². The van der Waals surface area contributed by atoms with E-state index in [1.165, 1.54) is 148 Å². The Morgan fingerprint density at radius 3 is 1.17 bits per heavy atom. The molecule has 7 atom stereocenters. The molecule has 1 rings (SSSR count). The van der Waals surface area contributed by atoms with Crippen LogP contribution < -0.4 is 5.32 Å². The van der Waals surface area contributed by atoms with Gasteiger partial charge in [-0.3, -0.25) is 4.79 Å². The number of hydrogen-bond donors (Lipinski definition) is 6. The molecule has 1 fully saturated rings. The molecule has 1 heterocycles. The first-order valence-electron chi connectivity index (χ1n) is 33.8. The van der Waals surface area contributed by atoms with Gasteiger partial charge >= 0.3 is 0 Å². The van der Waals surface area contributed by atoms with Gasteiger partial charge in [-0.25, -0.2) is 0 Å². The Morgan fingerprint density at radius 1 is 0.427 bits per heavy atom. The van der Waals surface area contributed by atoms with E-state index in [1.54, 1.807) is 6.08 Å². The zero-order valence-corrected chi connectivity index (χ0v) is 52.5. The van der Waals surface area contributed by atoms with E-state index in [0.717, 1.165) is 109 Å². The average molecular weight is 1140 g/mol. The number of unbranched alkanes of at least 4 members (excludes halogenated alkanes) is 29. The van der Waals surface area contributed by atoms with Crippen molar-refractivity contribution in [2.45, 2.75) is 320 Å². The number of rotatable bonds is 57. The monoisotopic (exact) mass is 1140 g/mol. The third kappa shape index (κ3) is 48.9. The molecule has 0 spiro atoms. The van der Waals surface area contributed by atoms with Crippen molar-refractivity contribution >= 4 is 5.91 Å². The minimum Gasteiger partial charge on any atom is -0.394 e. The predicted octanol–water partition coefficient (Wildman–Crippen LogP) is 18.2. The van der Waals surface area contributed by atoms with Gasteiger partial charge in [0, 0.05) is 6.42 Å². The molecule has 470 valence electrons. The summed E-state index contributed by atoms with van der Waals surface area (Å²) in [5.41, 5.74) is 0. The van der Waals surface area contributed by atoms with Gasteiger partial charge in [-0.1, -0.05) is 289 Å². The van der Waals surface area contributed by atoms with Crippen LogP contribution >= 0.6 is 0 Å².